The third kappa shape index (κ3) is 5.63. The topological polar surface area (TPSA) is 102 Å². The summed E-state index contributed by atoms with van der Waals surface area (Å²) in [6.07, 6.45) is 4.09. The van der Waals surface area contributed by atoms with E-state index in [1.807, 2.05) is 59.2 Å². The van der Waals surface area contributed by atoms with Crippen LogP contribution in [0.2, 0.25) is 0 Å². The second-order valence-electron chi connectivity index (χ2n) is 8.40. The smallest absolute Gasteiger partial charge is 0.235 e. The van der Waals surface area contributed by atoms with Crippen LogP contribution in [0.1, 0.15) is 34.7 Å². The third-order valence-corrected chi connectivity index (χ3v) is 8.15. The number of aryl methyl sites for hydroxylation is 1. The van der Waals surface area contributed by atoms with Gasteiger partial charge in [0.15, 0.2) is 11.0 Å². The third-order valence-electron chi connectivity index (χ3n) is 6.01. The number of ether oxygens (including phenoxy) is 2. The van der Waals surface area contributed by atoms with Gasteiger partial charge in [0.1, 0.15) is 29.2 Å². The molecular weight excluding hydrogens is 506 g/mol. The number of fused-ring (bicyclic) bond motifs is 1. The summed E-state index contributed by atoms with van der Waals surface area (Å²) in [6.45, 7) is 0.202. The van der Waals surface area contributed by atoms with Crippen molar-refractivity contribution in [1.82, 2.24) is 14.8 Å². The van der Waals surface area contributed by atoms with E-state index in [1.54, 1.807) is 7.11 Å². The molecule has 2 heterocycles. The number of nitriles is 1. The van der Waals surface area contributed by atoms with Crippen LogP contribution in [-0.2, 0) is 24.2 Å². The van der Waals surface area contributed by atoms with Gasteiger partial charge in [-0.3, -0.25) is 9.36 Å². The summed E-state index contributed by atoms with van der Waals surface area (Å²) in [5.41, 5.74) is 2.59. The maximum Gasteiger partial charge on any atom is 0.235 e. The number of carbonyl (C=O) groups is 1. The van der Waals surface area contributed by atoms with Crippen LogP contribution < -0.4 is 14.8 Å². The minimum absolute atomic E-state index is 0.137. The zero-order valence-corrected chi connectivity index (χ0v) is 21.9. The molecule has 1 aliphatic carbocycles. The molecule has 37 heavy (non-hydrogen) atoms. The van der Waals surface area contributed by atoms with Crippen LogP contribution in [-0.4, -0.2) is 33.5 Å². The van der Waals surface area contributed by atoms with Crippen LogP contribution >= 0.6 is 23.1 Å². The predicted molar refractivity (Wildman–Crippen MR) is 144 cm³/mol. The van der Waals surface area contributed by atoms with Crippen molar-refractivity contribution in [2.45, 2.75) is 37.4 Å². The maximum atomic E-state index is 12.9. The van der Waals surface area contributed by atoms with E-state index in [-0.39, 0.29) is 18.3 Å². The Morgan fingerprint density at radius 2 is 1.86 bits per heavy atom. The lowest BCUT2D eigenvalue weighted by Gasteiger charge is -2.11. The van der Waals surface area contributed by atoms with Crippen molar-refractivity contribution in [3.63, 3.8) is 0 Å². The molecule has 4 aromatic rings. The van der Waals surface area contributed by atoms with E-state index in [0.29, 0.717) is 27.3 Å². The molecule has 0 radical (unpaired) electrons. The standard InChI is InChI=1S/C27H25N5O3S2/c1-34-19-11-13-20(14-12-19)35-16-24-30-31-27(32(24)18-7-3-2-4-8-18)36-17-25(33)29-26-22(15-28)21-9-5-6-10-23(21)37-26/h2-4,7-8,11-14H,5-6,9-10,16-17H2,1H3,(H,29,33). The molecule has 0 saturated heterocycles. The number of nitrogens with zero attached hydrogens (tertiary/aromatic N) is 4. The fourth-order valence-corrected chi connectivity index (χ4v) is 6.24. The van der Waals surface area contributed by atoms with E-state index in [4.69, 9.17) is 9.47 Å². The van der Waals surface area contributed by atoms with Crippen LogP contribution in [0.15, 0.2) is 59.8 Å². The van der Waals surface area contributed by atoms with Crippen LogP contribution in [0, 0.1) is 11.3 Å². The highest BCUT2D eigenvalue weighted by Gasteiger charge is 2.22. The number of nitrogens with one attached hydrogen (secondary N) is 1. The summed E-state index contributed by atoms with van der Waals surface area (Å²) in [5, 5.41) is 22.5. The molecule has 0 fully saturated rings. The second kappa shape index (κ2) is 11.5. The van der Waals surface area contributed by atoms with Gasteiger partial charge in [0.2, 0.25) is 5.91 Å². The summed E-state index contributed by atoms with van der Waals surface area (Å²) in [7, 11) is 1.62. The predicted octanol–water partition coefficient (Wildman–Crippen LogP) is 5.40. The summed E-state index contributed by atoms with van der Waals surface area (Å²) in [6, 6.07) is 19.4. The Balaban J connectivity index is 1.30. The molecule has 5 rings (SSSR count). The highest BCUT2D eigenvalue weighted by Crippen LogP contribution is 2.37. The van der Waals surface area contributed by atoms with Crippen LogP contribution in [0.3, 0.4) is 0 Å². The Labute approximate surface area is 223 Å². The van der Waals surface area contributed by atoms with Gasteiger partial charge in [0, 0.05) is 10.6 Å². The Hall–Kier alpha value is -3.81. The summed E-state index contributed by atoms with van der Waals surface area (Å²) >= 11 is 2.82. The Bertz CT molecular complexity index is 1420. The van der Waals surface area contributed by atoms with Crippen LogP contribution in [0.4, 0.5) is 5.00 Å². The van der Waals surface area contributed by atoms with Crippen LogP contribution in [0.5, 0.6) is 11.5 Å². The van der Waals surface area contributed by atoms with Crippen molar-refractivity contribution in [3.05, 3.63) is 76.4 Å². The molecule has 188 valence electrons. The van der Waals surface area contributed by atoms with Gasteiger partial charge in [0.25, 0.3) is 0 Å². The lowest BCUT2D eigenvalue weighted by molar-refractivity contribution is -0.113. The average molecular weight is 532 g/mol. The van der Waals surface area contributed by atoms with E-state index in [0.717, 1.165) is 42.7 Å². The number of para-hydroxylation sites is 1. The first kappa shape index (κ1) is 24.9. The van der Waals surface area contributed by atoms with Gasteiger partial charge in [-0.15, -0.1) is 21.5 Å². The monoisotopic (exact) mass is 531 g/mol. The molecule has 0 aliphatic heterocycles. The quantitative estimate of drug-likeness (QED) is 0.289. The Morgan fingerprint density at radius 3 is 2.62 bits per heavy atom. The Morgan fingerprint density at radius 1 is 1.11 bits per heavy atom. The van der Waals surface area contributed by atoms with Gasteiger partial charge in [-0.05, 0) is 67.6 Å². The lowest BCUT2D eigenvalue weighted by atomic mass is 9.96. The first-order valence-corrected chi connectivity index (χ1v) is 13.7. The van der Waals surface area contributed by atoms with Crippen molar-refractivity contribution >= 4 is 34.0 Å². The second-order valence-corrected chi connectivity index (χ2v) is 10.4. The normalized spacial score (nSPS) is 12.4. The first-order valence-electron chi connectivity index (χ1n) is 11.9. The summed E-state index contributed by atoms with van der Waals surface area (Å²) in [5.74, 6) is 2.00. The molecular formula is C27H25N5O3S2. The molecule has 2 aromatic heterocycles. The SMILES string of the molecule is COc1ccc(OCc2nnc(SCC(=O)Nc3sc4c(c3C#N)CCCC4)n2-c2ccccc2)cc1. The fraction of sp³-hybridized carbons (Fsp3) is 0.259. The molecule has 0 atom stereocenters. The van der Waals surface area contributed by atoms with E-state index >= 15 is 0 Å². The molecule has 10 heteroatoms. The number of rotatable bonds is 9. The summed E-state index contributed by atoms with van der Waals surface area (Å²) in [4.78, 5) is 14.1. The number of aromatic nitrogens is 3. The average Bonchev–Trinajstić information content (AvgIpc) is 3.51. The van der Waals surface area contributed by atoms with Gasteiger partial charge in [-0.25, -0.2) is 0 Å². The number of benzene rings is 2. The Kier molecular flexibility index (Phi) is 7.73. The van der Waals surface area contributed by atoms with E-state index in [1.165, 1.54) is 28.0 Å². The molecule has 0 unspecified atom stereocenters. The number of amides is 1. The highest BCUT2D eigenvalue weighted by atomic mass is 32.2. The number of hydrogen-bond donors (Lipinski definition) is 1. The zero-order valence-electron chi connectivity index (χ0n) is 20.3. The molecule has 2 aromatic carbocycles. The van der Waals surface area contributed by atoms with E-state index in [2.05, 4.69) is 21.6 Å². The fourth-order valence-electron chi connectivity index (χ4n) is 4.21. The summed E-state index contributed by atoms with van der Waals surface area (Å²) < 4.78 is 13.0. The van der Waals surface area contributed by atoms with Crippen molar-refractivity contribution < 1.29 is 14.3 Å². The van der Waals surface area contributed by atoms with Gasteiger partial charge in [0.05, 0.1) is 18.4 Å². The van der Waals surface area contributed by atoms with Crippen molar-refractivity contribution in [2.75, 3.05) is 18.2 Å². The molecule has 1 aliphatic rings. The minimum atomic E-state index is -0.182. The van der Waals surface area contributed by atoms with Gasteiger partial charge in [-0.1, -0.05) is 30.0 Å². The maximum absolute atomic E-state index is 12.9. The van der Waals surface area contributed by atoms with E-state index in [9.17, 15) is 10.1 Å². The molecule has 1 N–H and O–H groups in total. The van der Waals surface area contributed by atoms with Crippen LogP contribution in [0.25, 0.3) is 5.69 Å². The molecule has 0 spiro atoms. The minimum Gasteiger partial charge on any atom is -0.497 e. The van der Waals surface area contributed by atoms with Crippen molar-refractivity contribution in [1.29, 1.82) is 5.26 Å². The number of hydrogen-bond acceptors (Lipinski definition) is 8. The number of thioether (sulfide) groups is 1. The van der Waals surface area contributed by atoms with Crippen molar-refractivity contribution in [3.8, 4) is 23.3 Å². The molecule has 1 amide bonds. The van der Waals surface area contributed by atoms with E-state index < -0.39 is 0 Å². The first-order chi connectivity index (χ1) is 18.2. The molecule has 8 nitrogen and oxygen atoms in total. The lowest BCUT2D eigenvalue weighted by Crippen LogP contribution is -2.15. The number of anilines is 1. The highest BCUT2D eigenvalue weighted by molar-refractivity contribution is 7.99. The molecule has 0 bridgehead atoms. The zero-order chi connectivity index (χ0) is 25.6. The number of carbonyl (C=O) groups excluding carboxylic acids is 1. The largest absolute Gasteiger partial charge is 0.497 e. The van der Waals surface area contributed by atoms with Gasteiger partial charge in [-0.2, -0.15) is 5.26 Å². The van der Waals surface area contributed by atoms with Gasteiger partial charge < -0.3 is 14.8 Å². The van der Waals surface area contributed by atoms with Crippen molar-refractivity contribution in [2.24, 2.45) is 0 Å². The number of methoxy groups -OCH3 is 1. The van der Waals surface area contributed by atoms with Gasteiger partial charge >= 0.3 is 0 Å². The molecule has 0 saturated carbocycles. The number of thiophene rings is 1.